The largest absolute Gasteiger partial charge is 0.381 e. The minimum absolute atomic E-state index is 0.111. The van der Waals surface area contributed by atoms with Crippen LogP contribution in [-0.2, 0) is 4.74 Å². The molecule has 1 fully saturated rings. The maximum absolute atomic E-state index is 11.4. The highest BCUT2D eigenvalue weighted by molar-refractivity contribution is 5.74. The Morgan fingerprint density at radius 3 is 2.75 bits per heavy atom. The number of amides is 2. The molecule has 0 aromatic heterocycles. The molecule has 1 heterocycles. The molecule has 0 unspecified atom stereocenters. The van der Waals surface area contributed by atoms with Gasteiger partial charge in [-0.25, -0.2) is 4.79 Å². The lowest BCUT2D eigenvalue weighted by atomic mass is 10.1. The Kier molecular flexibility index (Phi) is 5.93. The zero-order chi connectivity index (χ0) is 11.8. The molecule has 0 saturated carbocycles. The third-order valence-electron chi connectivity index (χ3n) is 2.55. The van der Waals surface area contributed by atoms with E-state index in [9.17, 15) is 4.79 Å². The van der Waals surface area contributed by atoms with Crippen molar-refractivity contribution in [1.82, 2.24) is 10.6 Å². The van der Waals surface area contributed by atoms with Crippen molar-refractivity contribution in [2.45, 2.75) is 33.1 Å². The first-order valence-corrected chi connectivity index (χ1v) is 5.98. The normalized spacial score (nSPS) is 16.1. The molecule has 1 aliphatic heterocycles. The quantitative estimate of drug-likeness (QED) is 0.770. The average molecular weight is 226 g/mol. The van der Waals surface area contributed by atoms with Gasteiger partial charge in [0, 0.05) is 12.7 Å². The first-order chi connectivity index (χ1) is 7.68. The minimum atomic E-state index is -0.111. The van der Waals surface area contributed by atoms with E-state index in [4.69, 9.17) is 4.74 Å². The van der Waals surface area contributed by atoms with Crippen LogP contribution in [0, 0.1) is 5.92 Å². The molecular weight excluding hydrogens is 204 g/mol. The summed E-state index contributed by atoms with van der Waals surface area (Å²) in [5, 5.41) is 5.59. The van der Waals surface area contributed by atoms with Crippen molar-refractivity contribution >= 4 is 6.03 Å². The maximum Gasteiger partial charge on any atom is 0.318 e. The summed E-state index contributed by atoms with van der Waals surface area (Å²) in [5.41, 5.74) is 1.25. The Morgan fingerprint density at radius 2 is 2.12 bits per heavy atom. The fourth-order valence-corrected chi connectivity index (χ4v) is 1.47. The summed E-state index contributed by atoms with van der Waals surface area (Å²) < 4.78 is 5.23. The van der Waals surface area contributed by atoms with Crippen LogP contribution in [0.3, 0.4) is 0 Å². The highest BCUT2D eigenvalue weighted by atomic mass is 16.5. The van der Waals surface area contributed by atoms with Gasteiger partial charge in [-0.2, -0.15) is 0 Å². The molecule has 1 saturated heterocycles. The smallest absolute Gasteiger partial charge is 0.318 e. The summed E-state index contributed by atoms with van der Waals surface area (Å²) in [6.07, 6.45) is 4.67. The van der Waals surface area contributed by atoms with Crippen molar-refractivity contribution < 1.29 is 9.53 Å². The standard InChI is InChI=1S/C12H22N2O2/c1-10(2)3-6-13-12(15)14-9-11-4-7-16-8-5-11/h9-10H,3-8H2,1-2H3,(H2,13,14,15). The molecule has 0 aromatic carbocycles. The summed E-state index contributed by atoms with van der Waals surface area (Å²) in [5.74, 6) is 0.620. The Hall–Kier alpha value is -1.03. The number of carbonyl (C=O) groups excluding carboxylic acids is 1. The van der Waals surface area contributed by atoms with Gasteiger partial charge < -0.3 is 15.4 Å². The van der Waals surface area contributed by atoms with Crippen LogP contribution in [-0.4, -0.2) is 25.8 Å². The number of hydrogen-bond donors (Lipinski definition) is 2. The number of ether oxygens (including phenoxy) is 1. The molecule has 1 rings (SSSR count). The van der Waals surface area contributed by atoms with E-state index in [2.05, 4.69) is 24.5 Å². The summed E-state index contributed by atoms with van der Waals surface area (Å²) >= 11 is 0. The molecule has 16 heavy (non-hydrogen) atoms. The predicted octanol–water partition coefficient (Wildman–Crippen LogP) is 2.03. The molecule has 0 aromatic rings. The van der Waals surface area contributed by atoms with Crippen molar-refractivity contribution in [3.8, 4) is 0 Å². The molecule has 4 heteroatoms. The fourth-order valence-electron chi connectivity index (χ4n) is 1.47. The molecule has 0 radical (unpaired) electrons. The van der Waals surface area contributed by atoms with E-state index in [-0.39, 0.29) is 6.03 Å². The van der Waals surface area contributed by atoms with Gasteiger partial charge in [0.25, 0.3) is 0 Å². The molecule has 2 amide bonds. The van der Waals surface area contributed by atoms with Crippen LogP contribution in [0.25, 0.3) is 0 Å². The van der Waals surface area contributed by atoms with Crippen LogP contribution in [0.5, 0.6) is 0 Å². The molecule has 0 spiro atoms. The lowest BCUT2D eigenvalue weighted by molar-refractivity contribution is 0.119. The molecule has 1 aliphatic rings. The number of nitrogens with one attached hydrogen (secondary N) is 2. The highest BCUT2D eigenvalue weighted by Gasteiger charge is 2.05. The van der Waals surface area contributed by atoms with Gasteiger partial charge in [0.05, 0.1) is 13.2 Å². The van der Waals surface area contributed by atoms with E-state index >= 15 is 0 Å². The zero-order valence-corrected chi connectivity index (χ0v) is 10.2. The molecule has 2 N–H and O–H groups in total. The van der Waals surface area contributed by atoms with Gasteiger partial charge in [-0.3, -0.25) is 0 Å². The number of carbonyl (C=O) groups is 1. The highest BCUT2D eigenvalue weighted by Crippen LogP contribution is 2.11. The Morgan fingerprint density at radius 1 is 1.44 bits per heavy atom. The molecule has 92 valence electrons. The topological polar surface area (TPSA) is 50.4 Å². The zero-order valence-electron chi connectivity index (χ0n) is 10.2. The summed E-state index contributed by atoms with van der Waals surface area (Å²) in [6, 6.07) is -0.111. The summed E-state index contributed by atoms with van der Waals surface area (Å²) in [7, 11) is 0. The third-order valence-corrected chi connectivity index (χ3v) is 2.55. The third kappa shape index (κ3) is 5.75. The second-order valence-corrected chi connectivity index (χ2v) is 4.50. The Balaban J connectivity index is 2.13. The van der Waals surface area contributed by atoms with Gasteiger partial charge in [0.1, 0.15) is 0 Å². The Labute approximate surface area is 97.4 Å². The summed E-state index contributed by atoms with van der Waals surface area (Å²) in [6.45, 7) is 6.55. The van der Waals surface area contributed by atoms with Gasteiger partial charge in [0.15, 0.2) is 0 Å². The lowest BCUT2D eigenvalue weighted by Crippen LogP contribution is -2.33. The number of rotatable bonds is 4. The molecule has 4 nitrogen and oxygen atoms in total. The van der Waals surface area contributed by atoms with Crippen molar-refractivity contribution in [3.05, 3.63) is 11.8 Å². The van der Waals surface area contributed by atoms with Crippen LogP contribution in [0.15, 0.2) is 11.8 Å². The fraction of sp³-hybridized carbons (Fsp3) is 0.750. The van der Waals surface area contributed by atoms with Gasteiger partial charge in [0.2, 0.25) is 0 Å². The van der Waals surface area contributed by atoms with Crippen LogP contribution in [0.4, 0.5) is 4.79 Å². The van der Waals surface area contributed by atoms with E-state index in [0.29, 0.717) is 5.92 Å². The maximum atomic E-state index is 11.4. The van der Waals surface area contributed by atoms with Crippen LogP contribution < -0.4 is 10.6 Å². The van der Waals surface area contributed by atoms with Crippen LogP contribution in [0.2, 0.25) is 0 Å². The molecule has 0 aliphatic carbocycles. The average Bonchev–Trinajstić information content (AvgIpc) is 2.27. The van der Waals surface area contributed by atoms with Crippen molar-refractivity contribution in [2.24, 2.45) is 5.92 Å². The van der Waals surface area contributed by atoms with Crippen molar-refractivity contribution in [1.29, 1.82) is 0 Å². The monoisotopic (exact) mass is 226 g/mol. The number of hydrogen-bond acceptors (Lipinski definition) is 2. The first kappa shape index (κ1) is 13.0. The number of urea groups is 1. The van der Waals surface area contributed by atoms with Crippen LogP contribution in [0.1, 0.15) is 33.1 Å². The molecule has 0 bridgehead atoms. The predicted molar refractivity (Wildman–Crippen MR) is 64.1 cm³/mol. The lowest BCUT2D eigenvalue weighted by Gasteiger charge is -2.14. The molecule has 0 atom stereocenters. The SMILES string of the molecule is CC(C)CCNC(=O)NC=C1CCOCC1. The second kappa shape index (κ2) is 7.28. The van der Waals surface area contributed by atoms with Gasteiger partial charge in [-0.05, 0) is 30.8 Å². The van der Waals surface area contributed by atoms with E-state index in [1.165, 1.54) is 5.57 Å². The first-order valence-electron chi connectivity index (χ1n) is 5.98. The Bertz CT molecular complexity index is 241. The molecular formula is C12H22N2O2. The minimum Gasteiger partial charge on any atom is -0.381 e. The van der Waals surface area contributed by atoms with Gasteiger partial charge in [-0.1, -0.05) is 13.8 Å². The van der Waals surface area contributed by atoms with Gasteiger partial charge in [-0.15, -0.1) is 0 Å². The van der Waals surface area contributed by atoms with E-state index < -0.39 is 0 Å². The van der Waals surface area contributed by atoms with E-state index in [1.807, 2.05) is 6.20 Å². The van der Waals surface area contributed by atoms with Gasteiger partial charge >= 0.3 is 6.03 Å². The van der Waals surface area contributed by atoms with Crippen LogP contribution >= 0.6 is 0 Å². The summed E-state index contributed by atoms with van der Waals surface area (Å²) in [4.78, 5) is 11.4. The second-order valence-electron chi connectivity index (χ2n) is 4.50. The van der Waals surface area contributed by atoms with E-state index in [0.717, 1.165) is 39.0 Å². The van der Waals surface area contributed by atoms with Crippen molar-refractivity contribution in [3.63, 3.8) is 0 Å². The van der Waals surface area contributed by atoms with E-state index in [1.54, 1.807) is 0 Å². The van der Waals surface area contributed by atoms with Crippen molar-refractivity contribution in [2.75, 3.05) is 19.8 Å².